The van der Waals surface area contributed by atoms with Gasteiger partial charge in [0.05, 0.1) is 0 Å². The topological polar surface area (TPSA) is 63.7 Å². The molecule has 176 valence electrons. The summed E-state index contributed by atoms with van der Waals surface area (Å²) < 4.78 is 8.04. The molecule has 1 fully saturated rings. The summed E-state index contributed by atoms with van der Waals surface area (Å²) in [6.07, 6.45) is 0.314. The van der Waals surface area contributed by atoms with Crippen molar-refractivity contribution < 1.29 is 19.1 Å². The molecule has 2 amide bonds. The predicted octanol–water partition coefficient (Wildman–Crippen LogP) is 3.97. The average Bonchev–Trinajstić information content (AvgIpc) is 3.16. The van der Waals surface area contributed by atoms with Crippen LogP contribution in [0.1, 0.15) is 23.7 Å². The van der Waals surface area contributed by atoms with Crippen LogP contribution in [0.4, 0.5) is 5.69 Å². The number of fused-ring (bicyclic) bond motifs is 1. The Hall–Kier alpha value is -3.47. The van der Waals surface area contributed by atoms with E-state index in [2.05, 4.69) is 0 Å². The molecule has 0 bridgehead atoms. The standard InChI is InChI=1S/C29H25NO4Se/c1-2-34-23-18-22(26(31)19-12-6-3-7-13-19)24-25(27(23)35-21-16-10-5-11-17-21)29(33)30(28(24)32)20-14-8-4-9-15-20/h3-17,22,24-25H,2,18H2,1H3/t22-,24-,25-/m0/s1. The van der Waals surface area contributed by atoms with Crippen molar-refractivity contribution in [1.29, 1.82) is 0 Å². The van der Waals surface area contributed by atoms with E-state index in [0.717, 1.165) is 8.93 Å². The molecule has 3 atom stereocenters. The Balaban J connectivity index is 1.64. The van der Waals surface area contributed by atoms with E-state index >= 15 is 0 Å². The molecule has 0 unspecified atom stereocenters. The predicted molar refractivity (Wildman–Crippen MR) is 135 cm³/mol. The average molecular weight is 530 g/mol. The number of hydrogen-bond acceptors (Lipinski definition) is 4. The monoisotopic (exact) mass is 531 g/mol. The van der Waals surface area contributed by atoms with Crippen LogP contribution < -0.4 is 9.36 Å². The van der Waals surface area contributed by atoms with Crippen LogP contribution >= 0.6 is 0 Å². The van der Waals surface area contributed by atoms with E-state index in [0.29, 0.717) is 30.0 Å². The molecule has 6 heteroatoms. The fraction of sp³-hybridized carbons (Fsp3) is 0.207. The van der Waals surface area contributed by atoms with Crippen molar-refractivity contribution in [3.8, 4) is 0 Å². The molecule has 3 aromatic rings. The third-order valence-corrected chi connectivity index (χ3v) is 8.98. The molecular formula is C29H25NO4Se. The summed E-state index contributed by atoms with van der Waals surface area (Å²) in [7, 11) is 0. The zero-order chi connectivity index (χ0) is 24.4. The number of anilines is 1. The van der Waals surface area contributed by atoms with Gasteiger partial charge in [0.15, 0.2) is 0 Å². The first-order valence-corrected chi connectivity index (χ1v) is 13.4. The van der Waals surface area contributed by atoms with E-state index in [1.807, 2.05) is 61.5 Å². The number of imide groups is 1. The van der Waals surface area contributed by atoms with E-state index in [4.69, 9.17) is 4.74 Å². The Morgan fingerprint density at radius 1 is 0.886 bits per heavy atom. The molecule has 2 aliphatic rings. The second kappa shape index (κ2) is 10.0. The second-order valence-electron chi connectivity index (χ2n) is 8.53. The molecule has 5 rings (SSSR count). The van der Waals surface area contributed by atoms with E-state index in [1.54, 1.807) is 36.4 Å². The summed E-state index contributed by atoms with van der Waals surface area (Å²) in [5, 5.41) is 0. The van der Waals surface area contributed by atoms with E-state index in [9.17, 15) is 14.4 Å². The number of rotatable bonds is 7. The van der Waals surface area contributed by atoms with Crippen LogP contribution in [0.15, 0.2) is 101 Å². The first-order chi connectivity index (χ1) is 17.1. The number of ketones is 1. The molecule has 0 N–H and O–H groups in total. The SMILES string of the molecule is CCOC1=C([Se]c2ccccc2)[C@H]2C(=O)N(c3ccccc3)C(=O)[C@H]2[C@@H](C(=O)c2ccccc2)C1. The normalized spacial score (nSPS) is 21.7. The summed E-state index contributed by atoms with van der Waals surface area (Å²) in [5.74, 6) is -2.15. The maximum absolute atomic E-state index is 13.9. The fourth-order valence-electron chi connectivity index (χ4n) is 4.92. The van der Waals surface area contributed by atoms with Crippen molar-refractivity contribution in [2.45, 2.75) is 13.3 Å². The second-order valence-corrected chi connectivity index (χ2v) is 10.9. The molecule has 1 aliphatic carbocycles. The maximum atomic E-state index is 13.9. The summed E-state index contributed by atoms with van der Waals surface area (Å²) in [4.78, 5) is 42.7. The van der Waals surface area contributed by atoms with Crippen LogP contribution in [0, 0.1) is 17.8 Å². The molecule has 3 aromatic carbocycles. The van der Waals surface area contributed by atoms with Crippen molar-refractivity contribution >= 4 is 42.7 Å². The Bertz CT molecular complexity index is 1270. The number of hydrogen-bond donors (Lipinski definition) is 0. The van der Waals surface area contributed by atoms with Crippen LogP contribution in [-0.4, -0.2) is 39.2 Å². The summed E-state index contributed by atoms with van der Waals surface area (Å²) in [6.45, 7) is 2.33. The third kappa shape index (κ3) is 4.36. The Morgan fingerprint density at radius 2 is 1.49 bits per heavy atom. The van der Waals surface area contributed by atoms with E-state index < -0.39 is 17.8 Å². The zero-order valence-electron chi connectivity index (χ0n) is 19.3. The summed E-state index contributed by atoms with van der Waals surface area (Å²) >= 11 is -0.224. The van der Waals surface area contributed by atoms with Crippen molar-refractivity contribution in [3.63, 3.8) is 0 Å². The van der Waals surface area contributed by atoms with Crippen LogP contribution in [-0.2, 0) is 14.3 Å². The minimum atomic E-state index is -0.750. The number of carbonyl (C=O) groups is 3. The van der Waals surface area contributed by atoms with Gasteiger partial charge in [-0.1, -0.05) is 0 Å². The fourth-order valence-corrected chi connectivity index (χ4v) is 7.39. The molecule has 1 heterocycles. The first-order valence-electron chi connectivity index (χ1n) is 11.7. The van der Waals surface area contributed by atoms with Gasteiger partial charge in [0.2, 0.25) is 0 Å². The Morgan fingerprint density at radius 3 is 2.11 bits per heavy atom. The number of Topliss-reactive ketones (excluding diaryl/α,β-unsaturated/α-hetero) is 1. The molecule has 0 spiro atoms. The van der Waals surface area contributed by atoms with Gasteiger partial charge in [-0.2, -0.15) is 0 Å². The van der Waals surface area contributed by atoms with Gasteiger partial charge in [-0.25, -0.2) is 0 Å². The van der Waals surface area contributed by atoms with E-state index in [1.165, 1.54) is 4.90 Å². The van der Waals surface area contributed by atoms with Gasteiger partial charge in [0.25, 0.3) is 0 Å². The third-order valence-electron chi connectivity index (χ3n) is 6.45. The Kier molecular flexibility index (Phi) is 6.67. The number of amides is 2. The molecule has 1 saturated heterocycles. The number of para-hydroxylation sites is 1. The summed E-state index contributed by atoms with van der Waals surface area (Å²) in [5.41, 5.74) is 1.08. The molecule has 5 nitrogen and oxygen atoms in total. The van der Waals surface area contributed by atoms with Gasteiger partial charge < -0.3 is 0 Å². The quantitative estimate of drug-likeness (QED) is 0.264. The first kappa shape index (κ1) is 23.3. The van der Waals surface area contributed by atoms with Gasteiger partial charge in [-0.05, 0) is 0 Å². The summed E-state index contributed by atoms with van der Waals surface area (Å²) in [6, 6.07) is 28.0. The van der Waals surface area contributed by atoms with Gasteiger partial charge >= 0.3 is 211 Å². The molecular weight excluding hydrogens is 505 g/mol. The minimum absolute atomic E-state index is 0.125. The van der Waals surface area contributed by atoms with E-state index in [-0.39, 0.29) is 32.6 Å². The molecule has 0 aromatic heterocycles. The molecule has 0 radical (unpaired) electrons. The number of allylic oxidation sites excluding steroid dienone is 1. The van der Waals surface area contributed by atoms with Crippen LogP contribution in [0.2, 0.25) is 0 Å². The molecule has 1 aliphatic heterocycles. The van der Waals surface area contributed by atoms with Gasteiger partial charge in [0, 0.05) is 0 Å². The van der Waals surface area contributed by atoms with Crippen molar-refractivity contribution in [2.75, 3.05) is 11.5 Å². The van der Waals surface area contributed by atoms with Crippen molar-refractivity contribution in [3.05, 3.63) is 107 Å². The number of ether oxygens (including phenoxy) is 1. The van der Waals surface area contributed by atoms with Gasteiger partial charge in [-0.3, -0.25) is 0 Å². The number of benzene rings is 3. The molecule has 0 saturated carbocycles. The van der Waals surface area contributed by atoms with Crippen LogP contribution in [0.25, 0.3) is 0 Å². The number of nitrogens with zero attached hydrogens (tertiary/aromatic N) is 1. The van der Waals surface area contributed by atoms with Gasteiger partial charge in [-0.15, -0.1) is 0 Å². The van der Waals surface area contributed by atoms with Crippen LogP contribution in [0.5, 0.6) is 0 Å². The molecule has 35 heavy (non-hydrogen) atoms. The van der Waals surface area contributed by atoms with Gasteiger partial charge in [0.1, 0.15) is 0 Å². The van der Waals surface area contributed by atoms with Crippen LogP contribution in [0.3, 0.4) is 0 Å². The number of carbonyl (C=O) groups excluding carboxylic acids is 3. The Labute approximate surface area is 210 Å². The zero-order valence-corrected chi connectivity index (χ0v) is 21.0. The van der Waals surface area contributed by atoms with Crippen molar-refractivity contribution in [1.82, 2.24) is 0 Å². The van der Waals surface area contributed by atoms with Crippen molar-refractivity contribution in [2.24, 2.45) is 17.8 Å².